The number of benzene rings is 4. The summed E-state index contributed by atoms with van der Waals surface area (Å²) in [5.74, 6) is -0.448. The van der Waals surface area contributed by atoms with Crippen molar-refractivity contribution in [3.05, 3.63) is 138 Å². The van der Waals surface area contributed by atoms with E-state index in [1.54, 1.807) is 50.2 Å². The van der Waals surface area contributed by atoms with Crippen LogP contribution in [0.15, 0.2) is 116 Å². The van der Waals surface area contributed by atoms with Crippen LogP contribution in [0.25, 0.3) is 22.0 Å². The molecule has 0 bridgehead atoms. The number of phenols is 1. The van der Waals surface area contributed by atoms with Gasteiger partial charge in [-0.15, -0.1) is 6.58 Å². The topological polar surface area (TPSA) is 113 Å². The van der Waals surface area contributed by atoms with Crippen molar-refractivity contribution in [1.29, 1.82) is 0 Å². The van der Waals surface area contributed by atoms with E-state index in [1.165, 1.54) is 0 Å². The summed E-state index contributed by atoms with van der Waals surface area (Å²) in [5, 5.41) is 14.5. The molecule has 3 saturated heterocycles. The standard InChI is InChI=1S/C47H51N7O5/c1-4-22-52-32-44(57)53-41(27-34-16-19-38(55)20-17-34)47(59)51(31-42(53)54(52)43(56)21-18-33-10-6-5-7-11-33)29-37-14-9-15-39-40(30-49(3)45(37)39)35-12-8-13-36(28-35)46(58)50-25-23-48(2)24-26-50/h4-17,19-20,28,30,41-42,55H,1,18,21-27,29,31-32H2,2-3H3/t41-,42-/m0/s1. The van der Waals surface area contributed by atoms with Gasteiger partial charge in [-0.05, 0) is 60.0 Å². The Balaban J connectivity index is 1.13. The van der Waals surface area contributed by atoms with Crippen LogP contribution in [-0.2, 0) is 40.8 Å². The minimum atomic E-state index is -0.884. The number of piperazine rings is 2. The number of para-hydroxylation sites is 1. The van der Waals surface area contributed by atoms with Crippen LogP contribution < -0.4 is 0 Å². The second-order valence-electron chi connectivity index (χ2n) is 15.9. The zero-order valence-corrected chi connectivity index (χ0v) is 33.7. The lowest BCUT2D eigenvalue weighted by Crippen LogP contribution is -2.75. The molecule has 1 aromatic heterocycles. The lowest BCUT2D eigenvalue weighted by molar-refractivity contribution is -0.205. The van der Waals surface area contributed by atoms with Gasteiger partial charge in [0.2, 0.25) is 17.7 Å². The number of rotatable bonds is 11. The van der Waals surface area contributed by atoms with Gasteiger partial charge in [0.25, 0.3) is 5.91 Å². The number of fused-ring (bicyclic) bond motifs is 2. The van der Waals surface area contributed by atoms with Crippen LogP contribution in [-0.4, -0.2) is 128 Å². The largest absolute Gasteiger partial charge is 0.508 e. The van der Waals surface area contributed by atoms with E-state index < -0.39 is 12.2 Å². The zero-order chi connectivity index (χ0) is 41.2. The van der Waals surface area contributed by atoms with Crippen molar-refractivity contribution < 1.29 is 24.3 Å². The first kappa shape index (κ1) is 39.6. The van der Waals surface area contributed by atoms with E-state index in [9.17, 15) is 24.3 Å². The van der Waals surface area contributed by atoms with Crippen LogP contribution in [0.4, 0.5) is 0 Å². The van der Waals surface area contributed by atoms with Crippen LogP contribution in [0.1, 0.15) is 33.5 Å². The Kier molecular flexibility index (Phi) is 11.4. The minimum absolute atomic E-state index is 0.0285. The van der Waals surface area contributed by atoms with E-state index in [0.29, 0.717) is 25.1 Å². The number of aryl methyl sites for hydroxylation is 2. The molecule has 8 rings (SSSR count). The first-order valence-electron chi connectivity index (χ1n) is 20.3. The summed E-state index contributed by atoms with van der Waals surface area (Å²) in [6.45, 7) is 7.59. The smallest absolute Gasteiger partial charge is 0.253 e. The average Bonchev–Trinajstić information content (AvgIpc) is 3.59. The molecule has 0 unspecified atom stereocenters. The number of hydrogen-bond acceptors (Lipinski definition) is 7. The van der Waals surface area contributed by atoms with Crippen molar-refractivity contribution in [3.63, 3.8) is 0 Å². The molecule has 3 aliphatic heterocycles. The Morgan fingerprint density at radius 2 is 1.61 bits per heavy atom. The molecule has 0 aliphatic carbocycles. The highest BCUT2D eigenvalue weighted by atomic mass is 16.3. The Morgan fingerprint density at radius 1 is 0.864 bits per heavy atom. The van der Waals surface area contributed by atoms with Gasteiger partial charge in [0.15, 0.2) is 0 Å². The van der Waals surface area contributed by atoms with Crippen molar-refractivity contribution in [2.45, 2.75) is 38.0 Å². The second kappa shape index (κ2) is 16.9. The fourth-order valence-corrected chi connectivity index (χ4v) is 8.90. The molecule has 304 valence electrons. The molecule has 59 heavy (non-hydrogen) atoms. The predicted octanol–water partition coefficient (Wildman–Crippen LogP) is 4.92. The molecule has 3 fully saturated rings. The summed E-state index contributed by atoms with van der Waals surface area (Å²) in [7, 11) is 4.06. The van der Waals surface area contributed by atoms with E-state index >= 15 is 0 Å². The van der Waals surface area contributed by atoms with Gasteiger partial charge < -0.3 is 29.3 Å². The maximum absolute atomic E-state index is 14.8. The Morgan fingerprint density at radius 3 is 2.36 bits per heavy atom. The summed E-state index contributed by atoms with van der Waals surface area (Å²) in [4.78, 5) is 64.4. The number of aromatic nitrogens is 1. The van der Waals surface area contributed by atoms with Crippen molar-refractivity contribution in [1.82, 2.24) is 34.2 Å². The molecule has 5 aromatic rings. The molecule has 0 radical (unpaired) electrons. The maximum atomic E-state index is 14.8. The van der Waals surface area contributed by atoms with Gasteiger partial charge in [-0.2, -0.15) is 0 Å². The summed E-state index contributed by atoms with van der Waals surface area (Å²) in [6.07, 6.45) is 3.98. The molecule has 0 spiro atoms. The van der Waals surface area contributed by atoms with Crippen molar-refractivity contribution >= 4 is 34.5 Å². The van der Waals surface area contributed by atoms with Crippen molar-refractivity contribution in [3.8, 4) is 16.9 Å². The van der Waals surface area contributed by atoms with E-state index in [1.807, 2.05) is 78.7 Å². The fraction of sp³-hybridized carbons (Fsp3) is 0.319. The number of carbonyl (C=O) groups excluding carboxylic acids is 4. The molecule has 0 saturated carbocycles. The van der Waals surface area contributed by atoms with Crippen LogP contribution in [0.2, 0.25) is 0 Å². The van der Waals surface area contributed by atoms with Crippen molar-refractivity contribution in [2.24, 2.45) is 7.05 Å². The summed E-state index contributed by atoms with van der Waals surface area (Å²) in [5.41, 5.74) is 6.25. The molecular formula is C47H51N7O5. The molecule has 3 aliphatic rings. The highest BCUT2D eigenvalue weighted by Gasteiger charge is 2.51. The number of aromatic hydroxyl groups is 1. The van der Waals surface area contributed by atoms with Crippen LogP contribution >= 0.6 is 0 Å². The number of hydrazine groups is 1. The Hall–Kier alpha value is -6.24. The molecular weight excluding hydrogens is 743 g/mol. The number of nitrogens with zero attached hydrogens (tertiary/aromatic N) is 7. The summed E-state index contributed by atoms with van der Waals surface area (Å²) < 4.78 is 2.07. The zero-order valence-electron chi connectivity index (χ0n) is 33.7. The molecule has 4 amide bonds. The highest BCUT2D eigenvalue weighted by Crippen LogP contribution is 2.35. The monoisotopic (exact) mass is 793 g/mol. The second-order valence-corrected chi connectivity index (χ2v) is 15.9. The van der Waals surface area contributed by atoms with E-state index in [2.05, 4.69) is 35.4 Å². The molecule has 4 aromatic carbocycles. The van der Waals surface area contributed by atoms with Crippen LogP contribution in [0.5, 0.6) is 5.75 Å². The van der Waals surface area contributed by atoms with Gasteiger partial charge in [0.05, 0.1) is 18.6 Å². The number of amides is 4. The van der Waals surface area contributed by atoms with Gasteiger partial charge in [0.1, 0.15) is 18.0 Å². The van der Waals surface area contributed by atoms with Gasteiger partial charge in [-0.25, -0.2) is 10.0 Å². The third kappa shape index (κ3) is 8.10. The van der Waals surface area contributed by atoms with Gasteiger partial charge >= 0.3 is 0 Å². The van der Waals surface area contributed by atoms with Gasteiger partial charge in [-0.1, -0.05) is 78.9 Å². The predicted molar refractivity (Wildman–Crippen MR) is 227 cm³/mol. The first-order valence-corrected chi connectivity index (χ1v) is 20.3. The van der Waals surface area contributed by atoms with Crippen molar-refractivity contribution in [2.75, 3.05) is 52.9 Å². The molecule has 12 heteroatoms. The molecule has 1 N–H and O–H groups in total. The third-order valence-electron chi connectivity index (χ3n) is 11.9. The van der Waals surface area contributed by atoms with Gasteiger partial charge in [-0.3, -0.25) is 19.2 Å². The lowest BCUT2D eigenvalue weighted by atomic mass is 9.97. The average molecular weight is 794 g/mol. The van der Waals surface area contributed by atoms with Gasteiger partial charge in [0, 0.05) is 81.9 Å². The van der Waals surface area contributed by atoms with E-state index in [0.717, 1.165) is 51.8 Å². The maximum Gasteiger partial charge on any atom is 0.253 e. The minimum Gasteiger partial charge on any atom is -0.508 e. The molecule has 2 atom stereocenters. The Bertz CT molecular complexity index is 2370. The van der Waals surface area contributed by atoms with Crippen LogP contribution in [0.3, 0.4) is 0 Å². The fourth-order valence-electron chi connectivity index (χ4n) is 8.90. The Labute approximate surface area is 345 Å². The van der Waals surface area contributed by atoms with E-state index in [4.69, 9.17) is 0 Å². The summed E-state index contributed by atoms with van der Waals surface area (Å²) >= 11 is 0. The lowest BCUT2D eigenvalue weighted by Gasteiger charge is -2.55. The van der Waals surface area contributed by atoms with E-state index in [-0.39, 0.29) is 68.4 Å². The molecule has 12 nitrogen and oxygen atoms in total. The number of phenolic OH excluding ortho intramolecular Hbond substituents is 1. The highest BCUT2D eigenvalue weighted by molar-refractivity contribution is 6.01. The first-order chi connectivity index (χ1) is 28.6. The SMILES string of the molecule is C=CCN1CC(=O)N2[C@@H](Cc3ccc(O)cc3)C(=O)N(Cc3cccc4c(-c5cccc(C(=O)N6CCN(C)CC6)c5)cn(C)c34)C[C@@H]2N1C(=O)CCc1ccccc1. The number of carbonyl (C=O) groups is 4. The van der Waals surface area contributed by atoms with Crippen LogP contribution in [0, 0.1) is 0 Å². The number of hydrogen-bond donors (Lipinski definition) is 1. The normalized spacial score (nSPS) is 19.0. The summed E-state index contributed by atoms with van der Waals surface area (Å²) in [6, 6.07) is 29.5. The molecule has 4 heterocycles. The quantitative estimate of drug-likeness (QED) is 0.189. The third-order valence-corrected chi connectivity index (χ3v) is 11.9. The number of likely N-dealkylation sites (N-methyl/N-ethyl adjacent to an activating group) is 1.